The van der Waals surface area contributed by atoms with Crippen molar-refractivity contribution in [2.75, 3.05) is 70.7 Å². The molecule has 1 aliphatic heterocycles. The Balaban J connectivity index is 0.000000127. The molecule has 12 aromatic rings. The summed E-state index contributed by atoms with van der Waals surface area (Å²) in [5.74, 6) is 0.695. The molecule has 31 nitrogen and oxygen atoms in total. The SMILES string of the molecule is CNc1nc(Nc2cn(C3CCc4ncoc43)nc2C)ncc1C(F)(F)F.CNc1nc(Nc2cn(C3CCc4ncsc43)nc2C)ncc1C(F)(F)F.CNc1nc(Nc2cn(C3CCc4ocnc43)nc2C)ncc1C(F)(F)F.CNc1nc(Nc2cnn(C3Cc4ccnn4C3)c2C)ncc1C(F)(F)F. The molecule has 44 heteroatoms. The van der Waals surface area contributed by atoms with Gasteiger partial charge < -0.3 is 51.4 Å². The van der Waals surface area contributed by atoms with Gasteiger partial charge in [-0.25, -0.2) is 34.9 Å². The molecule has 0 fully saturated rings. The summed E-state index contributed by atoms with van der Waals surface area (Å²) in [6.07, 6.45) is 2.41. The molecule has 3 aliphatic carbocycles. The number of hydrogen-bond acceptors (Lipinski definition) is 27. The molecule has 0 bridgehead atoms. The Bertz CT molecular complexity index is 4780. The van der Waals surface area contributed by atoms with Crippen LogP contribution in [0, 0.1) is 27.7 Å². The van der Waals surface area contributed by atoms with Gasteiger partial charge in [0, 0.05) is 96.3 Å². The van der Waals surface area contributed by atoms with Gasteiger partial charge in [0.2, 0.25) is 23.8 Å². The molecule has 108 heavy (non-hydrogen) atoms. The van der Waals surface area contributed by atoms with Gasteiger partial charge in [0.15, 0.2) is 18.5 Å². The van der Waals surface area contributed by atoms with Gasteiger partial charge in [-0.3, -0.25) is 23.4 Å². The molecular formula is C64H65F12N29O2S. The van der Waals surface area contributed by atoms with E-state index in [1.54, 1.807) is 59.3 Å². The van der Waals surface area contributed by atoms with Crippen LogP contribution in [0.5, 0.6) is 0 Å². The minimum Gasteiger partial charge on any atom is -0.448 e. The van der Waals surface area contributed by atoms with Gasteiger partial charge in [0.05, 0.1) is 98.2 Å². The fourth-order valence-electron chi connectivity index (χ4n) is 12.6. The lowest BCUT2D eigenvalue weighted by Gasteiger charge is -2.14. The number of oxazole rings is 2. The standard InChI is InChI=1S/C16H17F3N8.2C16H16F3N7O.C16H16F3N7S/c1-9-13(7-23-27(9)11-5-10-3-4-22-26(10)8-11)24-15-21-6-12(16(17,18)19)14(20-2)25-15;1-8-10(6-26(25-8)11-3-4-12-13(11)22-7-27-12)23-15-21-5-9(16(17,18)19)14(20-2)24-15;2*1-8-11(6-26(25-8)12-4-3-10-13(12)27-7-22-10)23-15-21-5-9(16(17,18)19)14(20-2)24-15/h3-4,6-7,11H,5,8H2,1-2H3,(H2,20,21,24,25);5-7,11H,3-4H2,1-2H3,(H2,20,21,23,24);2*5-7,12H,3-4H2,1-2H3,(H2,20,21,23,24). The van der Waals surface area contributed by atoms with E-state index in [1.807, 2.05) is 45.7 Å². The predicted octanol–water partition coefficient (Wildman–Crippen LogP) is 13.2. The zero-order valence-electron chi connectivity index (χ0n) is 58.1. The largest absolute Gasteiger partial charge is 0.448 e. The van der Waals surface area contributed by atoms with Crippen molar-refractivity contribution >= 4 is 81.2 Å². The number of nitrogens with one attached hydrogen (secondary N) is 8. The second-order valence-electron chi connectivity index (χ2n) is 24.7. The highest BCUT2D eigenvalue weighted by Gasteiger charge is 2.40. The number of nitrogens with zero attached hydrogens (tertiary/aromatic N) is 21. The molecule has 0 saturated carbocycles. The van der Waals surface area contributed by atoms with Gasteiger partial charge in [-0.2, -0.15) is 98.1 Å². The summed E-state index contributed by atoms with van der Waals surface area (Å²) < 4.78 is 176. The molecule has 4 unspecified atom stereocenters. The summed E-state index contributed by atoms with van der Waals surface area (Å²) in [7, 11) is 5.52. The van der Waals surface area contributed by atoms with E-state index in [9.17, 15) is 52.7 Å². The summed E-state index contributed by atoms with van der Waals surface area (Å²) in [6.45, 7) is 8.02. The molecule has 8 N–H and O–H groups in total. The third kappa shape index (κ3) is 15.6. The molecule has 0 spiro atoms. The Morgan fingerprint density at radius 1 is 0.472 bits per heavy atom. The van der Waals surface area contributed by atoms with E-state index < -0.39 is 47.0 Å². The second kappa shape index (κ2) is 29.7. The first kappa shape index (κ1) is 74.3. The molecule has 12 aromatic heterocycles. The van der Waals surface area contributed by atoms with Crippen molar-refractivity contribution in [2.45, 2.75) is 128 Å². The van der Waals surface area contributed by atoms with Crippen LogP contribution in [-0.2, 0) is 56.9 Å². The molecule has 13 heterocycles. The lowest BCUT2D eigenvalue weighted by molar-refractivity contribution is -0.138. The Morgan fingerprint density at radius 3 is 1.38 bits per heavy atom. The van der Waals surface area contributed by atoms with E-state index in [2.05, 4.69) is 123 Å². The molecule has 0 saturated heterocycles. The van der Waals surface area contributed by atoms with Gasteiger partial charge in [0.1, 0.15) is 63.0 Å². The first-order valence-corrected chi connectivity index (χ1v) is 33.9. The molecule has 4 atom stereocenters. The zero-order chi connectivity index (χ0) is 76.7. The third-order valence-electron chi connectivity index (χ3n) is 17.9. The lowest BCUT2D eigenvalue weighted by Crippen LogP contribution is -2.14. The molecular weight excluding hydrogens is 1470 g/mol. The van der Waals surface area contributed by atoms with Crippen molar-refractivity contribution in [3.05, 3.63) is 164 Å². The molecule has 4 aliphatic rings. The van der Waals surface area contributed by atoms with Gasteiger partial charge in [0.25, 0.3) is 0 Å². The first-order chi connectivity index (χ1) is 51.5. The average molecular weight is 1530 g/mol. The van der Waals surface area contributed by atoms with E-state index in [1.165, 1.54) is 45.9 Å². The Kier molecular flexibility index (Phi) is 20.4. The van der Waals surface area contributed by atoms with Crippen molar-refractivity contribution in [1.29, 1.82) is 0 Å². The maximum atomic E-state index is 13.0. The topological polar surface area (TPSA) is 353 Å². The smallest absolute Gasteiger partial charge is 0.421 e. The van der Waals surface area contributed by atoms with Gasteiger partial charge >= 0.3 is 24.7 Å². The molecule has 0 amide bonds. The molecule has 16 rings (SSSR count). The number of aryl methyl sites for hydroxylation is 6. The number of fused-ring (bicyclic) bond motifs is 4. The van der Waals surface area contributed by atoms with Crippen LogP contribution >= 0.6 is 11.3 Å². The quantitative estimate of drug-likeness (QED) is 0.0417. The zero-order valence-corrected chi connectivity index (χ0v) is 58.9. The van der Waals surface area contributed by atoms with E-state index in [4.69, 9.17) is 8.83 Å². The first-order valence-electron chi connectivity index (χ1n) is 33.0. The number of aromatic nitrogens is 21. The van der Waals surface area contributed by atoms with E-state index >= 15 is 0 Å². The van der Waals surface area contributed by atoms with Gasteiger partial charge in [-0.15, -0.1) is 11.3 Å². The normalized spacial score (nSPS) is 16.4. The van der Waals surface area contributed by atoms with Crippen molar-refractivity contribution in [1.82, 2.24) is 104 Å². The number of hydrogen-bond donors (Lipinski definition) is 8. The maximum Gasteiger partial charge on any atom is 0.421 e. The highest BCUT2D eigenvalue weighted by Crippen LogP contribution is 2.42. The van der Waals surface area contributed by atoms with Gasteiger partial charge in [-0.05, 0) is 65.9 Å². The summed E-state index contributed by atoms with van der Waals surface area (Å²) in [4.78, 5) is 44.8. The fourth-order valence-corrected chi connectivity index (χ4v) is 13.6. The monoisotopic (exact) mass is 1530 g/mol. The fraction of sp³-hybridized carbons (Fsp3) is 0.375. The van der Waals surface area contributed by atoms with Crippen molar-refractivity contribution in [3.63, 3.8) is 0 Å². The minimum atomic E-state index is -4.53. The number of anilines is 12. The van der Waals surface area contributed by atoms with E-state index in [-0.39, 0.29) is 71.2 Å². The van der Waals surface area contributed by atoms with Gasteiger partial charge in [-0.1, -0.05) is 0 Å². The van der Waals surface area contributed by atoms with Crippen molar-refractivity contribution in [3.8, 4) is 0 Å². The minimum absolute atomic E-state index is 0.0330. The molecule has 568 valence electrons. The summed E-state index contributed by atoms with van der Waals surface area (Å²) >= 11 is 1.61. The maximum absolute atomic E-state index is 13.0. The summed E-state index contributed by atoms with van der Waals surface area (Å²) in [5.41, 5.74) is 7.58. The molecule has 0 radical (unpaired) electrons. The van der Waals surface area contributed by atoms with Crippen molar-refractivity contribution < 1.29 is 61.5 Å². The Labute approximate surface area is 607 Å². The number of alkyl halides is 12. The summed E-state index contributed by atoms with van der Waals surface area (Å²) in [5, 5.41) is 43.8. The van der Waals surface area contributed by atoms with E-state index in [0.29, 0.717) is 39.8 Å². The van der Waals surface area contributed by atoms with Crippen LogP contribution in [-0.4, -0.2) is 132 Å². The lowest BCUT2D eigenvalue weighted by atomic mass is 10.2. The number of thiazole rings is 1. The van der Waals surface area contributed by atoms with Crippen LogP contribution in [0.15, 0.2) is 89.0 Å². The number of rotatable bonds is 16. The predicted molar refractivity (Wildman–Crippen MR) is 367 cm³/mol. The summed E-state index contributed by atoms with van der Waals surface area (Å²) in [6, 6.07) is 2.16. The Morgan fingerprint density at radius 2 is 0.907 bits per heavy atom. The third-order valence-corrected chi connectivity index (χ3v) is 18.9. The van der Waals surface area contributed by atoms with E-state index in [0.717, 1.165) is 116 Å². The second-order valence-corrected chi connectivity index (χ2v) is 25.6. The highest BCUT2D eigenvalue weighted by molar-refractivity contribution is 7.09. The number of halogens is 12. The Hall–Kier alpha value is -12.0. The van der Waals surface area contributed by atoms with Crippen LogP contribution in [0.1, 0.15) is 128 Å². The van der Waals surface area contributed by atoms with Crippen LogP contribution in [0.3, 0.4) is 0 Å². The van der Waals surface area contributed by atoms with Crippen LogP contribution in [0.2, 0.25) is 0 Å². The van der Waals surface area contributed by atoms with Crippen LogP contribution in [0.4, 0.5) is 122 Å². The highest BCUT2D eigenvalue weighted by atomic mass is 32.1. The molecule has 0 aromatic carbocycles. The van der Waals surface area contributed by atoms with Crippen LogP contribution in [0.25, 0.3) is 0 Å². The van der Waals surface area contributed by atoms with Crippen molar-refractivity contribution in [2.24, 2.45) is 0 Å². The van der Waals surface area contributed by atoms with Crippen LogP contribution < -0.4 is 42.5 Å². The average Bonchev–Trinajstić information content (AvgIpc) is 1.62.